The fourth-order valence-corrected chi connectivity index (χ4v) is 0.943. The van der Waals surface area contributed by atoms with Crippen molar-refractivity contribution in [2.24, 2.45) is 0 Å². The molecule has 0 fully saturated rings. The van der Waals surface area contributed by atoms with Gasteiger partial charge in [0.2, 0.25) is 0 Å². The third kappa shape index (κ3) is 1.66. The molecule has 0 aliphatic rings. The maximum atomic E-state index is 10.6. The average molecular weight is 195 g/mol. The summed E-state index contributed by atoms with van der Waals surface area (Å²) >= 11 is 0. The molecule has 0 saturated carbocycles. The molecular formula is C9H9NO4. The minimum atomic E-state index is -1.32. The van der Waals surface area contributed by atoms with Crippen molar-refractivity contribution in [3.05, 3.63) is 24.0 Å². The molecule has 0 unspecified atom stereocenters. The lowest BCUT2D eigenvalue weighted by atomic mass is 10.2. The number of ether oxygens (including phenoxy) is 1. The van der Waals surface area contributed by atoms with Crippen LogP contribution in [0.15, 0.2) is 12.6 Å². The van der Waals surface area contributed by atoms with Crippen LogP contribution in [0.25, 0.3) is 6.08 Å². The number of aromatic carboxylic acids is 1. The van der Waals surface area contributed by atoms with Crippen LogP contribution in [0.2, 0.25) is 0 Å². The molecule has 0 atom stereocenters. The molecule has 2 N–H and O–H groups in total. The Hall–Kier alpha value is -2.04. The van der Waals surface area contributed by atoms with Gasteiger partial charge in [-0.1, -0.05) is 6.58 Å². The van der Waals surface area contributed by atoms with Crippen LogP contribution in [0, 0.1) is 0 Å². The Kier molecular flexibility index (Phi) is 2.71. The number of aromatic nitrogens is 1. The largest absolute Gasteiger partial charge is 0.503 e. The minimum absolute atomic E-state index is 0.0623. The normalized spacial score (nSPS) is 9.50. The van der Waals surface area contributed by atoms with E-state index in [-0.39, 0.29) is 5.75 Å². The molecule has 0 aromatic carbocycles. The van der Waals surface area contributed by atoms with Gasteiger partial charge in [0.25, 0.3) is 0 Å². The monoisotopic (exact) mass is 195 g/mol. The minimum Gasteiger partial charge on any atom is -0.503 e. The number of hydrogen-bond acceptors (Lipinski definition) is 4. The molecule has 0 radical (unpaired) electrons. The molecule has 5 nitrogen and oxygen atoms in total. The number of carboxylic acids is 1. The molecular weight excluding hydrogens is 186 g/mol. The molecule has 1 aromatic rings. The zero-order valence-corrected chi connectivity index (χ0v) is 7.52. The number of nitrogens with zero attached hydrogens (tertiary/aromatic N) is 1. The third-order valence-corrected chi connectivity index (χ3v) is 1.61. The molecule has 0 aliphatic heterocycles. The Morgan fingerprint density at radius 2 is 2.36 bits per heavy atom. The summed E-state index contributed by atoms with van der Waals surface area (Å²) in [5, 5.41) is 18.1. The van der Waals surface area contributed by atoms with Crippen LogP contribution in [0.4, 0.5) is 0 Å². The first kappa shape index (κ1) is 10.0. The standard InChI is InChI=1S/C9H9NO4/c1-3-5-4-6(14-2)8(11)7(10-5)9(12)13/h3-4,11H,1H2,2H3,(H,12,13). The van der Waals surface area contributed by atoms with Gasteiger partial charge >= 0.3 is 5.97 Å². The molecule has 74 valence electrons. The molecule has 0 amide bonds. The molecule has 0 spiro atoms. The fraction of sp³-hybridized carbons (Fsp3) is 0.111. The van der Waals surface area contributed by atoms with Crippen LogP contribution in [-0.2, 0) is 0 Å². The zero-order chi connectivity index (χ0) is 10.7. The van der Waals surface area contributed by atoms with Gasteiger partial charge in [-0.2, -0.15) is 0 Å². The predicted octanol–water partition coefficient (Wildman–Crippen LogP) is 1.14. The summed E-state index contributed by atoms with van der Waals surface area (Å²) in [6.07, 6.45) is 1.37. The van der Waals surface area contributed by atoms with Crippen LogP contribution < -0.4 is 4.74 Å². The Morgan fingerprint density at radius 3 is 2.79 bits per heavy atom. The SMILES string of the molecule is C=Cc1cc(OC)c(O)c(C(=O)O)n1. The maximum absolute atomic E-state index is 10.6. The van der Waals surface area contributed by atoms with E-state index in [2.05, 4.69) is 11.6 Å². The van der Waals surface area contributed by atoms with Crippen LogP contribution in [0.5, 0.6) is 11.5 Å². The summed E-state index contributed by atoms with van der Waals surface area (Å²) in [7, 11) is 1.33. The molecule has 0 aliphatic carbocycles. The van der Waals surface area contributed by atoms with Crippen molar-refractivity contribution >= 4 is 12.0 Å². The average Bonchev–Trinajstić information content (AvgIpc) is 2.17. The van der Waals surface area contributed by atoms with Crippen molar-refractivity contribution in [1.82, 2.24) is 4.98 Å². The van der Waals surface area contributed by atoms with Crippen LogP contribution >= 0.6 is 0 Å². The van der Waals surface area contributed by atoms with E-state index in [4.69, 9.17) is 9.84 Å². The highest BCUT2D eigenvalue weighted by Gasteiger charge is 2.16. The van der Waals surface area contributed by atoms with E-state index < -0.39 is 17.4 Å². The third-order valence-electron chi connectivity index (χ3n) is 1.61. The molecule has 14 heavy (non-hydrogen) atoms. The number of rotatable bonds is 3. The summed E-state index contributed by atoms with van der Waals surface area (Å²) in [4.78, 5) is 14.3. The van der Waals surface area contributed by atoms with Crippen molar-refractivity contribution in [2.75, 3.05) is 7.11 Å². The van der Waals surface area contributed by atoms with Gasteiger partial charge in [0.1, 0.15) is 0 Å². The Morgan fingerprint density at radius 1 is 1.71 bits per heavy atom. The molecule has 0 bridgehead atoms. The van der Waals surface area contributed by atoms with Gasteiger partial charge in [-0.05, 0) is 6.08 Å². The lowest BCUT2D eigenvalue weighted by molar-refractivity contribution is 0.0686. The summed E-state index contributed by atoms with van der Waals surface area (Å²) in [5.74, 6) is -1.73. The van der Waals surface area contributed by atoms with E-state index in [0.717, 1.165) is 0 Å². The summed E-state index contributed by atoms with van der Waals surface area (Å²) < 4.78 is 4.78. The van der Waals surface area contributed by atoms with E-state index in [0.29, 0.717) is 5.69 Å². The highest BCUT2D eigenvalue weighted by molar-refractivity contribution is 5.89. The number of aromatic hydroxyl groups is 1. The lowest BCUT2D eigenvalue weighted by Crippen LogP contribution is -2.03. The first-order valence-electron chi connectivity index (χ1n) is 3.74. The van der Waals surface area contributed by atoms with Gasteiger partial charge in [0.15, 0.2) is 17.2 Å². The van der Waals surface area contributed by atoms with Crippen molar-refractivity contribution < 1.29 is 19.7 Å². The quantitative estimate of drug-likeness (QED) is 0.755. The molecule has 1 heterocycles. The number of carbonyl (C=O) groups is 1. The number of carboxylic acid groups (broad SMARTS) is 1. The van der Waals surface area contributed by atoms with E-state index >= 15 is 0 Å². The van der Waals surface area contributed by atoms with Gasteiger partial charge in [-0.25, -0.2) is 9.78 Å². The second kappa shape index (κ2) is 3.78. The number of methoxy groups -OCH3 is 1. The molecule has 1 rings (SSSR count). The zero-order valence-electron chi connectivity index (χ0n) is 7.52. The topological polar surface area (TPSA) is 79.7 Å². The fourth-order valence-electron chi connectivity index (χ4n) is 0.943. The molecule has 5 heteroatoms. The van der Waals surface area contributed by atoms with Crippen molar-refractivity contribution in [3.63, 3.8) is 0 Å². The van der Waals surface area contributed by atoms with Crippen LogP contribution in [0.3, 0.4) is 0 Å². The van der Waals surface area contributed by atoms with Crippen molar-refractivity contribution in [1.29, 1.82) is 0 Å². The van der Waals surface area contributed by atoms with Crippen molar-refractivity contribution in [3.8, 4) is 11.5 Å². The van der Waals surface area contributed by atoms with Gasteiger partial charge in [-0.3, -0.25) is 0 Å². The maximum Gasteiger partial charge on any atom is 0.358 e. The second-order valence-corrected chi connectivity index (χ2v) is 2.46. The molecule has 0 saturated heterocycles. The van der Waals surface area contributed by atoms with E-state index in [1.54, 1.807) is 0 Å². The Balaban J connectivity index is 3.41. The lowest BCUT2D eigenvalue weighted by Gasteiger charge is -2.06. The first-order valence-corrected chi connectivity index (χ1v) is 3.74. The van der Waals surface area contributed by atoms with E-state index in [1.165, 1.54) is 19.3 Å². The van der Waals surface area contributed by atoms with Gasteiger partial charge in [0, 0.05) is 6.07 Å². The van der Waals surface area contributed by atoms with Gasteiger partial charge < -0.3 is 14.9 Å². The van der Waals surface area contributed by atoms with Crippen LogP contribution in [-0.4, -0.2) is 28.3 Å². The van der Waals surface area contributed by atoms with E-state index in [1.807, 2.05) is 0 Å². The van der Waals surface area contributed by atoms with Crippen molar-refractivity contribution in [2.45, 2.75) is 0 Å². The number of pyridine rings is 1. The van der Waals surface area contributed by atoms with Gasteiger partial charge in [-0.15, -0.1) is 0 Å². The number of hydrogen-bond donors (Lipinski definition) is 2. The summed E-state index contributed by atoms with van der Waals surface area (Å²) in [6, 6.07) is 1.40. The van der Waals surface area contributed by atoms with E-state index in [9.17, 15) is 9.90 Å². The highest BCUT2D eigenvalue weighted by Crippen LogP contribution is 2.29. The summed E-state index contributed by atoms with van der Waals surface area (Å²) in [6.45, 7) is 3.44. The first-order chi connectivity index (χ1) is 6.60. The summed E-state index contributed by atoms with van der Waals surface area (Å²) in [5.41, 5.74) is -0.115. The molecule has 1 aromatic heterocycles. The predicted molar refractivity (Wildman–Crippen MR) is 49.5 cm³/mol. The highest BCUT2D eigenvalue weighted by atomic mass is 16.5. The Bertz CT molecular complexity index is 387. The second-order valence-electron chi connectivity index (χ2n) is 2.46. The smallest absolute Gasteiger partial charge is 0.358 e. The van der Waals surface area contributed by atoms with Gasteiger partial charge in [0.05, 0.1) is 12.8 Å². The van der Waals surface area contributed by atoms with Crippen LogP contribution in [0.1, 0.15) is 16.2 Å². The Labute approximate surface area is 80.3 Å².